The van der Waals surface area contributed by atoms with Crippen LogP contribution in [0.2, 0.25) is 5.28 Å². The Kier molecular flexibility index (Phi) is 8.79. The highest BCUT2D eigenvalue weighted by atomic mass is 35.5. The largest absolute Gasteiger partial charge is 0.339 e. The van der Waals surface area contributed by atoms with E-state index in [1.165, 1.54) is 25.9 Å². The summed E-state index contributed by atoms with van der Waals surface area (Å²) in [7, 11) is 0. The van der Waals surface area contributed by atoms with E-state index in [-0.39, 0.29) is 5.91 Å². The standard InChI is InChI=1S/C25H39ClN4O/c1-19(2)10-16-29(17-11-20(3)4)24(31)21-8-9-22-23(18-21)30(25(26)27-22)15-7-14-28-12-5-6-13-28/h8-9,18-20H,5-7,10-17H2,1-4H3. The van der Waals surface area contributed by atoms with Crippen LogP contribution in [0, 0.1) is 11.8 Å². The van der Waals surface area contributed by atoms with Crippen molar-refractivity contribution in [3.05, 3.63) is 29.0 Å². The molecule has 0 unspecified atom stereocenters. The van der Waals surface area contributed by atoms with E-state index in [0.717, 1.165) is 62.0 Å². The molecule has 0 bridgehead atoms. The summed E-state index contributed by atoms with van der Waals surface area (Å²) >= 11 is 6.47. The van der Waals surface area contributed by atoms with E-state index in [9.17, 15) is 4.79 Å². The minimum Gasteiger partial charge on any atom is -0.339 e. The molecular weight excluding hydrogens is 408 g/mol. The van der Waals surface area contributed by atoms with Crippen molar-refractivity contribution >= 4 is 28.5 Å². The first-order valence-corrected chi connectivity index (χ1v) is 12.4. The lowest BCUT2D eigenvalue weighted by Gasteiger charge is -2.24. The molecule has 1 aromatic carbocycles. The Bertz CT molecular complexity index is 843. The maximum absolute atomic E-state index is 13.4. The number of imidazole rings is 1. The van der Waals surface area contributed by atoms with Crippen LogP contribution < -0.4 is 0 Å². The SMILES string of the molecule is CC(C)CCN(CCC(C)C)C(=O)c1ccc2nc(Cl)n(CCCN3CCCC3)c2c1. The van der Waals surface area contributed by atoms with Gasteiger partial charge in [-0.3, -0.25) is 4.79 Å². The zero-order valence-corrected chi connectivity index (χ0v) is 20.5. The van der Waals surface area contributed by atoms with Crippen LogP contribution in [0.25, 0.3) is 11.0 Å². The van der Waals surface area contributed by atoms with E-state index in [4.69, 9.17) is 11.6 Å². The van der Waals surface area contributed by atoms with Gasteiger partial charge < -0.3 is 14.4 Å². The second kappa shape index (κ2) is 11.3. The van der Waals surface area contributed by atoms with Gasteiger partial charge in [0.05, 0.1) is 11.0 Å². The maximum Gasteiger partial charge on any atom is 0.253 e. The number of hydrogen-bond donors (Lipinski definition) is 0. The number of amides is 1. The number of carbonyl (C=O) groups is 1. The summed E-state index contributed by atoms with van der Waals surface area (Å²) in [4.78, 5) is 22.4. The fourth-order valence-electron chi connectivity index (χ4n) is 4.22. The average Bonchev–Trinajstić information content (AvgIpc) is 3.34. The second-order valence-electron chi connectivity index (χ2n) is 9.80. The minimum absolute atomic E-state index is 0.115. The normalized spacial score (nSPS) is 14.9. The van der Waals surface area contributed by atoms with Gasteiger partial charge in [0.2, 0.25) is 5.28 Å². The number of rotatable bonds is 11. The summed E-state index contributed by atoms with van der Waals surface area (Å²) in [6, 6.07) is 5.83. The lowest BCUT2D eigenvalue weighted by atomic mass is 10.1. The smallest absolute Gasteiger partial charge is 0.253 e. The number of carbonyl (C=O) groups excluding carboxylic acids is 1. The summed E-state index contributed by atoms with van der Waals surface area (Å²) in [6.45, 7) is 14.8. The molecule has 1 fully saturated rings. The van der Waals surface area contributed by atoms with Gasteiger partial charge in [0.1, 0.15) is 0 Å². The van der Waals surface area contributed by atoms with Crippen molar-refractivity contribution in [2.24, 2.45) is 11.8 Å². The monoisotopic (exact) mass is 446 g/mol. The summed E-state index contributed by atoms with van der Waals surface area (Å²) in [5, 5.41) is 0.512. The van der Waals surface area contributed by atoms with Gasteiger partial charge in [-0.25, -0.2) is 4.98 Å². The van der Waals surface area contributed by atoms with Gasteiger partial charge in [-0.2, -0.15) is 0 Å². The van der Waals surface area contributed by atoms with Gasteiger partial charge in [-0.1, -0.05) is 27.7 Å². The maximum atomic E-state index is 13.4. The molecule has 31 heavy (non-hydrogen) atoms. The number of nitrogens with zero attached hydrogens (tertiary/aromatic N) is 4. The third kappa shape index (κ3) is 6.69. The van der Waals surface area contributed by atoms with Crippen LogP contribution in [0.4, 0.5) is 0 Å². The number of likely N-dealkylation sites (tertiary alicyclic amines) is 1. The van der Waals surface area contributed by atoms with Crippen LogP contribution in [-0.2, 0) is 6.54 Å². The molecule has 0 N–H and O–H groups in total. The zero-order chi connectivity index (χ0) is 22.4. The molecule has 2 aromatic rings. The van der Waals surface area contributed by atoms with Gasteiger partial charge in [0.15, 0.2) is 0 Å². The van der Waals surface area contributed by atoms with Gasteiger partial charge in [0, 0.05) is 25.2 Å². The van der Waals surface area contributed by atoms with E-state index in [1.54, 1.807) is 0 Å². The van der Waals surface area contributed by atoms with Gasteiger partial charge in [0.25, 0.3) is 5.91 Å². The zero-order valence-electron chi connectivity index (χ0n) is 19.7. The molecule has 1 aromatic heterocycles. The number of aromatic nitrogens is 2. The van der Waals surface area contributed by atoms with E-state index in [0.29, 0.717) is 17.1 Å². The number of aryl methyl sites for hydroxylation is 1. The first-order valence-electron chi connectivity index (χ1n) is 12.0. The highest BCUT2D eigenvalue weighted by Gasteiger charge is 2.19. The molecule has 2 heterocycles. The molecule has 0 radical (unpaired) electrons. The van der Waals surface area contributed by atoms with Crippen molar-refractivity contribution < 1.29 is 4.79 Å². The molecule has 0 spiro atoms. The quantitative estimate of drug-likeness (QED) is 0.443. The Morgan fingerprint density at radius 1 is 1.06 bits per heavy atom. The van der Waals surface area contributed by atoms with Crippen molar-refractivity contribution in [1.29, 1.82) is 0 Å². The van der Waals surface area contributed by atoms with E-state index in [2.05, 4.69) is 42.1 Å². The van der Waals surface area contributed by atoms with Gasteiger partial charge >= 0.3 is 0 Å². The predicted octanol–water partition coefficient (Wildman–Crippen LogP) is 5.71. The molecule has 1 aliphatic rings. The lowest BCUT2D eigenvalue weighted by Crippen LogP contribution is -2.34. The van der Waals surface area contributed by atoms with Crippen LogP contribution in [0.3, 0.4) is 0 Å². The van der Waals surface area contributed by atoms with Crippen molar-refractivity contribution in [2.45, 2.75) is 66.3 Å². The Balaban J connectivity index is 1.75. The van der Waals surface area contributed by atoms with E-state index in [1.807, 2.05) is 23.1 Å². The van der Waals surface area contributed by atoms with Crippen molar-refractivity contribution in [2.75, 3.05) is 32.7 Å². The molecule has 5 nitrogen and oxygen atoms in total. The molecular formula is C25H39ClN4O. The first-order chi connectivity index (χ1) is 14.8. The molecule has 3 rings (SSSR count). The van der Waals surface area contributed by atoms with Gasteiger partial charge in [-0.05, 0) is 93.4 Å². The second-order valence-corrected chi connectivity index (χ2v) is 10.1. The topological polar surface area (TPSA) is 41.4 Å². The lowest BCUT2D eigenvalue weighted by molar-refractivity contribution is 0.0741. The van der Waals surface area contributed by atoms with Crippen LogP contribution in [0.15, 0.2) is 18.2 Å². The highest BCUT2D eigenvalue weighted by Crippen LogP contribution is 2.23. The molecule has 1 aliphatic heterocycles. The predicted molar refractivity (Wildman–Crippen MR) is 130 cm³/mol. The molecule has 0 saturated carbocycles. The summed E-state index contributed by atoms with van der Waals surface area (Å²) < 4.78 is 2.07. The van der Waals surface area contributed by atoms with Gasteiger partial charge in [-0.15, -0.1) is 0 Å². The molecule has 0 aliphatic carbocycles. The number of halogens is 1. The number of fused-ring (bicyclic) bond motifs is 1. The Morgan fingerprint density at radius 3 is 2.32 bits per heavy atom. The molecule has 6 heteroatoms. The third-order valence-electron chi connectivity index (χ3n) is 6.24. The Labute approximate surface area is 192 Å². The summed E-state index contributed by atoms with van der Waals surface area (Å²) in [5.41, 5.74) is 2.56. The fraction of sp³-hybridized carbons (Fsp3) is 0.680. The minimum atomic E-state index is 0.115. The molecule has 1 amide bonds. The van der Waals surface area contributed by atoms with Crippen LogP contribution >= 0.6 is 11.6 Å². The van der Waals surface area contributed by atoms with Crippen LogP contribution in [0.5, 0.6) is 0 Å². The first kappa shape index (κ1) is 24.1. The molecule has 1 saturated heterocycles. The molecule has 172 valence electrons. The van der Waals surface area contributed by atoms with E-state index >= 15 is 0 Å². The Hall–Kier alpha value is -1.59. The summed E-state index contributed by atoms with van der Waals surface area (Å²) in [5.74, 6) is 1.27. The van der Waals surface area contributed by atoms with E-state index < -0.39 is 0 Å². The van der Waals surface area contributed by atoms with Crippen LogP contribution in [0.1, 0.15) is 70.2 Å². The van der Waals surface area contributed by atoms with Crippen molar-refractivity contribution in [3.8, 4) is 0 Å². The fourth-order valence-corrected chi connectivity index (χ4v) is 4.49. The van der Waals surface area contributed by atoms with Crippen LogP contribution in [-0.4, -0.2) is 58.0 Å². The summed E-state index contributed by atoms with van der Waals surface area (Å²) in [6.07, 6.45) is 5.70. The highest BCUT2D eigenvalue weighted by molar-refractivity contribution is 6.29. The van der Waals surface area contributed by atoms with Crippen molar-refractivity contribution in [1.82, 2.24) is 19.4 Å². The number of benzene rings is 1. The Morgan fingerprint density at radius 2 is 1.71 bits per heavy atom. The number of hydrogen-bond acceptors (Lipinski definition) is 3. The third-order valence-corrected chi connectivity index (χ3v) is 6.53. The molecule has 0 atom stereocenters. The van der Waals surface area contributed by atoms with Crippen molar-refractivity contribution in [3.63, 3.8) is 0 Å². The average molecular weight is 447 g/mol.